The third-order valence-electron chi connectivity index (χ3n) is 10.7. The summed E-state index contributed by atoms with van der Waals surface area (Å²) in [5, 5.41) is 12.5. The highest BCUT2D eigenvalue weighted by Crippen LogP contribution is 2.34. The molecule has 0 aliphatic rings. The molecule has 0 heterocycles. The van der Waals surface area contributed by atoms with Crippen LogP contribution in [0.1, 0.15) is 54.6 Å². The van der Waals surface area contributed by atoms with Gasteiger partial charge in [-0.3, -0.25) is 38.7 Å². The smallest absolute Gasteiger partial charge is 0.251 e. The number of amides is 6. The Morgan fingerprint density at radius 1 is 0.682 bits per heavy atom. The molecule has 346 valence electrons. The van der Waals surface area contributed by atoms with Gasteiger partial charge in [-0.05, 0) is 59.9 Å². The number of nitrogens with zero attached hydrogens (tertiary/aromatic N) is 2. The standard InChI is InChI=1S/C50H59N9O7/c1-32(2)26-42(45(51)61)59(37-29-36-22-13-14-23-38(36)43(30-37)66-3)49(65)41(28-34-18-9-5-10-19-34)58-48(64)40(27-33-16-7-4-8-17-33)56-44(60)31-55-47(63)39(24-15-25-54-50(52)53)57-46(62)35-20-11-6-12-21-35/h4-14,16-23,29-30,32,39-42H,15,24-28,31H2,1-3H3,(H2,51,61)(H,55,63)(H,56,60)(H,57,62)(H,58,64)(H4,52,53,54)/t39-,40-,41-,42-/m0/s1. The second-order valence-electron chi connectivity index (χ2n) is 16.2. The number of hydrogen-bond donors (Lipinski definition) is 7. The summed E-state index contributed by atoms with van der Waals surface area (Å²) in [5.74, 6) is -3.62. The predicted octanol–water partition coefficient (Wildman–Crippen LogP) is 3.50. The highest BCUT2D eigenvalue weighted by Gasteiger charge is 2.37. The maximum absolute atomic E-state index is 15.3. The summed E-state index contributed by atoms with van der Waals surface area (Å²) in [7, 11) is 1.52. The van der Waals surface area contributed by atoms with Gasteiger partial charge in [0.1, 0.15) is 29.9 Å². The van der Waals surface area contributed by atoms with E-state index >= 15 is 4.79 Å². The van der Waals surface area contributed by atoms with E-state index in [9.17, 15) is 24.0 Å². The lowest BCUT2D eigenvalue weighted by Gasteiger charge is -2.35. The molecule has 0 radical (unpaired) electrons. The minimum Gasteiger partial charge on any atom is -0.496 e. The van der Waals surface area contributed by atoms with Crippen molar-refractivity contribution in [3.63, 3.8) is 0 Å². The lowest BCUT2D eigenvalue weighted by atomic mass is 9.97. The number of anilines is 1. The first-order valence-electron chi connectivity index (χ1n) is 21.8. The van der Waals surface area contributed by atoms with Gasteiger partial charge in [0, 0.05) is 42.1 Å². The second kappa shape index (κ2) is 24.4. The number of benzene rings is 5. The molecule has 0 saturated carbocycles. The third-order valence-corrected chi connectivity index (χ3v) is 10.7. The first kappa shape index (κ1) is 49.3. The van der Waals surface area contributed by atoms with E-state index in [1.54, 1.807) is 66.7 Å². The van der Waals surface area contributed by atoms with Gasteiger partial charge in [-0.2, -0.15) is 0 Å². The van der Waals surface area contributed by atoms with Gasteiger partial charge in [0.15, 0.2) is 5.96 Å². The largest absolute Gasteiger partial charge is 0.496 e. The van der Waals surface area contributed by atoms with E-state index < -0.39 is 66.2 Å². The normalized spacial score (nSPS) is 12.7. The molecule has 0 saturated heterocycles. The van der Waals surface area contributed by atoms with Gasteiger partial charge in [-0.1, -0.05) is 117 Å². The fraction of sp³-hybridized carbons (Fsp3) is 0.300. The van der Waals surface area contributed by atoms with Gasteiger partial charge in [0.2, 0.25) is 23.6 Å². The van der Waals surface area contributed by atoms with Crippen molar-refractivity contribution >= 4 is 57.9 Å². The predicted molar refractivity (Wildman–Crippen MR) is 255 cm³/mol. The Morgan fingerprint density at radius 3 is 1.86 bits per heavy atom. The zero-order valence-electron chi connectivity index (χ0n) is 37.4. The van der Waals surface area contributed by atoms with Crippen LogP contribution in [0.4, 0.5) is 5.69 Å². The Bertz CT molecular complexity index is 2460. The Kier molecular flexibility index (Phi) is 18.2. The van der Waals surface area contributed by atoms with Crippen LogP contribution in [0.3, 0.4) is 0 Å². The molecule has 16 nitrogen and oxygen atoms in total. The van der Waals surface area contributed by atoms with Crippen LogP contribution in [-0.4, -0.2) is 85.8 Å². The van der Waals surface area contributed by atoms with Crippen LogP contribution in [0.2, 0.25) is 0 Å². The number of hydrogen-bond acceptors (Lipinski definition) is 8. The van der Waals surface area contributed by atoms with E-state index in [4.69, 9.17) is 21.9 Å². The molecule has 0 bridgehead atoms. The molecule has 0 aliphatic heterocycles. The minimum atomic E-state index is -1.27. The molecule has 5 rings (SSSR count). The van der Waals surface area contributed by atoms with Gasteiger partial charge >= 0.3 is 0 Å². The average Bonchev–Trinajstić information content (AvgIpc) is 3.31. The van der Waals surface area contributed by atoms with Crippen molar-refractivity contribution in [1.29, 1.82) is 0 Å². The molecule has 6 amide bonds. The zero-order chi connectivity index (χ0) is 47.6. The van der Waals surface area contributed by atoms with E-state index in [0.717, 1.165) is 10.8 Å². The van der Waals surface area contributed by atoms with Crippen molar-refractivity contribution < 1.29 is 33.5 Å². The number of fused-ring (bicyclic) bond motifs is 1. The first-order chi connectivity index (χ1) is 31.7. The number of ether oxygens (including phenoxy) is 1. The molecule has 5 aromatic carbocycles. The molecule has 0 aromatic heterocycles. The highest BCUT2D eigenvalue weighted by molar-refractivity contribution is 6.07. The van der Waals surface area contributed by atoms with Crippen molar-refractivity contribution in [2.24, 2.45) is 28.1 Å². The monoisotopic (exact) mass is 897 g/mol. The number of nitrogens with one attached hydrogen (secondary N) is 4. The molecule has 0 spiro atoms. The maximum Gasteiger partial charge on any atom is 0.251 e. The van der Waals surface area contributed by atoms with Gasteiger partial charge in [-0.25, -0.2) is 0 Å². The number of primary amides is 1. The summed E-state index contributed by atoms with van der Waals surface area (Å²) < 4.78 is 5.76. The van der Waals surface area contributed by atoms with Crippen LogP contribution in [0.5, 0.6) is 5.75 Å². The summed E-state index contributed by atoms with van der Waals surface area (Å²) in [6.07, 6.45) is 0.731. The molecular weight excluding hydrogens is 839 g/mol. The van der Waals surface area contributed by atoms with Crippen LogP contribution in [0, 0.1) is 5.92 Å². The highest BCUT2D eigenvalue weighted by atomic mass is 16.5. The Labute approximate surface area is 384 Å². The van der Waals surface area contributed by atoms with E-state index in [0.29, 0.717) is 34.5 Å². The first-order valence-corrected chi connectivity index (χ1v) is 21.8. The Balaban J connectivity index is 1.44. The fourth-order valence-electron chi connectivity index (χ4n) is 7.51. The number of methoxy groups -OCH3 is 1. The van der Waals surface area contributed by atoms with E-state index in [2.05, 4.69) is 26.3 Å². The molecule has 0 aliphatic carbocycles. The molecule has 4 atom stereocenters. The lowest BCUT2D eigenvalue weighted by Crippen LogP contribution is -2.59. The van der Waals surface area contributed by atoms with Crippen molar-refractivity contribution in [2.75, 3.05) is 25.1 Å². The number of carbonyl (C=O) groups excluding carboxylic acids is 6. The van der Waals surface area contributed by atoms with Crippen molar-refractivity contribution in [3.8, 4) is 5.75 Å². The van der Waals surface area contributed by atoms with Crippen LogP contribution < -0.4 is 48.1 Å². The molecule has 5 aromatic rings. The summed E-state index contributed by atoms with van der Waals surface area (Å²) in [5.41, 5.74) is 19.1. The second-order valence-corrected chi connectivity index (χ2v) is 16.2. The molecule has 0 fully saturated rings. The van der Waals surface area contributed by atoms with E-state index in [1.165, 1.54) is 12.0 Å². The molecular formula is C50H59N9O7. The number of nitrogens with two attached hydrogens (primary N) is 3. The zero-order valence-corrected chi connectivity index (χ0v) is 37.4. The van der Waals surface area contributed by atoms with Crippen LogP contribution in [0.25, 0.3) is 10.8 Å². The molecule has 0 unspecified atom stereocenters. The van der Waals surface area contributed by atoms with Gasteiger partial charge in [0.05, 0.1) is 13.7 Å². The lowest BCUT2D eigenvalue weighted by molar-refractivity contribution is -0.132. The third kappa shape index (κ3) is 14.4. The summed E-state index contributed by atoms with van der Waals surface area (Å²) in [4.78, 5) is 88.9. The van der Waals surface area contributed by atoms with Crippen molar-refractivity contribution in [1.82, 2.24) is 21.3 Å². The molecule has 10 N–H and O–H groups in total. The van der Waals surface area contributed by atoms with Crippen LogP contribution in [-0.2, 0) is 36.8 Å². The number of aliphatic imine (C=N–C) groups is 1. The van der Waals surface area contributed by atoms with Crippen molar-refractivity contribution in [3.05, 3.63) is 144 Å². The van der Waals surface area contributed by atoms with Gasteiger partial charge in [-0.15, -0.1) is 0 Å². The van der Waals surface area contributed by atoms with E-state index in [-0.39, 0.29) is 44.1 Å². The SMILES string of the molecule is COc1cc(N(C(=O)[C@H](Cc2ccccc2)NC(=O)[C@H](Cc2ccccc2)NC(=O)CNC(=O)[C@H](CCCN=C(N)N)NC(=O)c2ccccc2)[C@@H](CC(C)C)C(N)=O)cc2ccccc12. The average molecular weight is 898 g/mol. The summed E-state index contributed by atoms with van der Waals surface area (Å²) in [6, 6.07) is 32.6. The molecule has 66 heavy (non-hydrogen) atoms. The number of carbonyl (C=O) groups is 6. The summed E-state index contributed by atoms with van der Waals surface area (Å²) in [6.45, 7) is 3.48. The quantitative estimate of drug-likeness (QED) is 0.0288. The Hall–Kier alpha value is -7.75. The maximum atomic E-state index is 15.3. The number of guanidine groups is 1. The fourth-order valence-corrected chi connectivity index (χ4v) is 7.51. The van der Waals surface area contributed by atoms with Crippen molar-refractivity contribution in [2.45, 2.75) is 70.1 Å². The van der Waals surface area contributed by atoms with Gasteiger partial charge in [0.25, 0.3) is 11.8 Å². The topological polar surface area (TPSA) is 253 Å². The van der Waals surface area contributed by atoms with Gasteiger partial charge < -0.3 is 43.2 Å². The number of rotatable bonds is 23. The van der Waals surface area contributed by atoms with Crippen LogP contribution in [0.15, 0.2) is 132 Å². The summed E-state index contributed by atoms with van der Waals surface area (Å²) >= 11 is 0. The van der Waals surface area contributed by atoms with E-state index in [1.807, 2.05) is 74.5 Å². The Morgan fingerprint density at radius 2 is 1.27 bits per heavy atom. The van der Waals surface area contributed by atoms with Crippen LogP contribution >= 0.6 is 0 Å². The minimum absolute atomic E-state index is 0.0150. The molecule has 16 heteroatoms.